The van der Waals surface area contributed by atoms with E-state index < -0.39 is 28.4 Å². The Bertz CT molecular complexity index is 1000. The fourth-order valence-corrected chi connectivity index (χ4v) is 4.67. The van der Waals surface area contributed by atoms with Gasteiger partial charge in [0, 0.05) is 28.6 Å². The van der Waals surface area contributed by atoms with Gasteiger partial charge in [0.1, 0.15) is 10.5 Å². The number of likely N-dealkylation sites (N-methyl/N-ethyl adjacent to an activating group) is 1. The van der Waals surface area contributed by atoms with Crippen molar-refractivity contribution >= 4 is 43.5 Å². The van der Waals surface area contributed by atoms with Crippen molar-refractivity contribution in [3.8, 4) is 0 Å². The summed E-state index contributed by atoms with van der Waals surface area (Å²) in [6.07, 6.45) is 0. The van der Waals surface area contributed by atoms with Crippen molar-refractivity contribution in [2.45, 2.75) is 25.7 Å². The number of amides is 1. The molecule has 0 aliphatic carbocycles. The van der Waals surface area contributed by atoms with Crippen LogP contribution >= 0.6 is 15.9 Å². The van der Waals surface area contributed by atoms with Gasteiger partial charge in [-0.05, 0) is 39.0 Å². The average Bonchev–Trinajstić information content (AvgIpc) is 2.89. The van der Waals surface area contributed by atoms with Gasteiger partial charge in [-0.2, -0.15) is 4.31 Å². The van der Waals surface area contributed by atoms with E-state index in [2.05, 4.69) is 26.2 Å². The van der Waals surface area contributed by atoms with Crippen LogP contribution in [0.25, 0.3) is 0 Å². The molecule has 0 saturated carbocycles. The van der Waals surface area contributed by atoms with Gasteiger partial charge in [-0.1, -0.05) is 22.0 Å². The summed E-state index contributed by atoms with van der Waals surface area (Å²) in [5.74, 6) is -1.23. The van der Waals surface area contributed by atoms with Gasteiger partial charge in [-0.15, -0.1) is 0 Å². The summed E-state index contributed by atoms with van der Waals surface area (Å²) < 4.78 is 32.8. The monoisotopic (exact) mass is 471 g/mol. The molecule has 152 valence electrons. The number of aromatic nitrogens is 1. The quantitative estimate of drug-likeness (QED) is 0.603. The molecule has 0 bridgehead atoms. The molecule has 1 aromatic carbocycles. The van der Waals surface area contributed by atoms with Crippen LogP contribution in [0.15, 0.2) is 33.6 Å². The first-order valence-corrected chi connectivity index (χ1v) is 10.7. The number of nitrogens with one attached hydrogen (secondary N) is 2. The van der Waals surface area contributed by atoms with Crippen molar-refractivity contribution in [3.05, 3.63) is 45.7 Å². The van der Waals surface area contributed by atoms with Crippen molar-refractivity contribution in [1.82, 2.24) is 9.29 Å². The molecule has 28 heavy (non-hydrogen) atoms. The van der Waals surface area contributed by atoms with E-state index in [1.54, 1.807) is 45.0 Å². The molecule has 0 spiro atoms. The van der Waals surface area contributed by atoms with Crippen LogP contribution in [0.4, 0.5) is 5.69 Å². The highest BCUT2D eigenvalue weighted by molar-refractivity contribution is 9.10. The number of ether oxygens (including phenoxy) is 1. The molecule has 0 fully saturated rings. The van der Waals surface area contributed by atoms with Gasteiger partial charge in [-0.25, -0.2) is 13.2 Å². The molecule has 0 aliphatic heterocycles. The number of H-pyrrole nitrogens is 1. The minimum Gasteiger partial charge on any atom is -0.462 e. The Labute approximate surface area is 172 Å². The zero-order valence-electron chi connectivity index (χ0n) is 16.0. The van der Waals surface area contributed by atoms with Crippen molar-refractivity contribution in [2.75, 3.05) is 25.5 Å². The molecule has 0 atom stereocenters. The molecule has 0 radical (unpaired) electrons. The predicted octanol–water partition coefficient (Wildman–Crippen LogP) is 2.83. The number of rotatable bonds is 7. The molecule has 1 amide bonds. The van der Waals surface area contributed by atoms with Gasteiger partial charge in [0.15, 0.2) is 0 Å². The number of esters is 1. The SMILES string of the molecule is CCOC(=O)c1c(C)[nH]c(C)c1S(=O)(=O)N(C)CC(=O)Nc1cccc(Br)c1. The summed E-state index contributed by atoms with van der Waals surface area (Å²) in [4.78, 5) is 27.2. The lowest BCUT2D eigenvalue weighted by Gasteiger charge is -2.18. The standard InChI is InChI=1S/C18H22BrN3O5S/c1-5-27-18(24)16-11(2)20-12(3)17(16)28(25,26)22(4)10-15(23)21-14-8-6-7-13(19)9-14/h6-9,20H,5,10H2,1-4H3,(H,21,23). The largest absolute Gasteiger partial charge is 0.462 e. The number of anilines is 1. The topological polar surface area (TPSA) is 109 Å². The number of halogens is 1. The van der Waals surface area contributed by atoms with E-state index in [0.29, 0.717) is 17.1 Å². The van der Waals surface area contributed by atoms with E-state index in [9.17, 15) is 18.0 Å². The molecule has 2 rings (SSSR count). The molecule has 1 heterocycles. The summed E-state index contributed by atoms with van der Waals surface area (Å²) in [6.45, 7) is 4.49. The average molecular weight is 472 g/mol. The molecule has 0 aliphatic rings. The predicted molar refractivity (Wildman–Crippen MR) is 109 cm³/mol. The highest BCUT2D eigenvalue weighted by Gasteiger charge is 2.33. The molecule has 0 unspecified atom stereocenters. The third-order valence-electron chi connectivity index (χ3n) is 3.94. The summed E-state index contributed by atoms with van der Waals surface area (Å²) in [7, 11) is -2.82. The minimum absolute atomic E-state index is 0.0430. The van der Waals surface area contributed by atoms with Crippen LogP contribution in [0.3, 0.4) is 0 Å². The maximum absolute atomic E-state index is 13.0. The van der Waals surface area contributed by atoms with E-state index in [4.69, 9.17) is 4.74 Å². The van der Waals surface area contributed by atoms with E-state index in [1.807, 2.05) is 0 Å². The van der Waals surface area contributed by atoms with Gasteiger partial charge in [0.25, 0.3) is 0 Å². The first kappa shape index (κ1) is 22.1. The van der Waals surface area contributed by atoms with Crippen LogP contribution in [0.2, 0.25) is 0 Å². The van der Waals surface area contributed by atoms with E-state index in [-0.39, 0.29) is 17.1 Å². The van der Waals surface area contributed by atoms with Crippen LogP contribution in [-0.4, -0.2) is 49.8 Å². The van der Waals surface area contributed by atoms with E-state index >= 15 is 0 Å². The molecular formula is C18H22BrN3O5S. The second-order valence-corrected chi connectivity index (χ2v) is 9.02. The Morgan fingerprint density at radius 3 is 2.54 bits per heavy atom. The number of nitrogens with zero attached hydrogens (tertiary/aromatic N) is 1. The Kier molecular flexibility index (Phi) is 7.02. The molecular weight excluding hydrogens is 450 g/mol. The number of aromatic amines is 1. The third kappa shape index (κ3) is 4.81. The van der Waals surface area contributed by atoms with Gasteiger partial charge in [-0.3, -0.25) is 4.79 Å². The molecule has 2 aromatic rings. The lowest BCUT2D eigenvalue weighted by molar-refractivity contribution is -0.116. The fourth-order valence-electron chi connectivity index (χ4n) is 2.74. The fraction of sp³-hybridized carbons (Fsp3) is 0.333. The molecule has 1 aromatic heterocycles. The smallest absolute Gasteiger partial charge is 0.341 e. The number of benzene rings is 1. The van der Waals surface area contributed by atoms with Gasteiger partial charge >= 0.3 is 5.97 Å². The van der Waals surface area contributed by atoms with Gasteiger partial charge in [0.05, 0.1) is 13.2 Å². The molecule has 10 heteroatoms. The maximum Gasteiger partial charge on any atom is 0.341 e. The van der Waals surface area contributed by atoms with Gasteiger partial charge in [0.2, 0.25) is 15.9 Å². The number of hydrogen-bond donors (Lipinski definition) is 2. The Hall–Kier alpha value is -2.17. The zero-order chi connectivity index (χ0) is 21.1. The second-order valence-electron chi connectivity index (χ2n) is 6.12. The van der Waals surface area contributed by atoms with E-state index in [0.717, 1.165) is 8.78 Å². The second kappa shape index (κ2) is 8.89. The number of aryl methyl sites for hydroxylation is 2. The van der Waals surface area contributed by atoms with Crippen LogP contribution in [0.5, 0.6) is 0 Å². The highest BCUT2D eigenvalue weighted by Crippen LogP contribution is 2.27. The number of carbonyl (C=O) groups is 2. The van der Waals surface area contributed by atoms with Crippen LogP contribution in [0.1, 0.15) is 28.7 Å². The third-order valence-corrected chi connectivity index (χ3v) is 6.41. The molecule has 8 nitrogen and oxygen atoms in total. The highest BCUT2D eigenvalue weighted by atomic mass is 79.9. The number of carbonyl (C=O) groups excluding carboxylic acids is 2. The van der Waals surface area contributed by atoms with Crippen LogP contribution in [-0.2, 0) is 19.6 Å². The van der Waals surface area contributed by atoms with Crippen LogP contribution in [0, 0.1) is 13.8 Å². The van der Waals surface area contributed by atoms with Crippen LogP contribution < -0.4 is 5.32 Å². The Balaban J connectivity index is 2.27. The van der Waals surface area contributed by atoms with E-state index in [1.165, 1.54) is 7.05 Å². The zero-order valence-corrected chi connectivity index (χ0v) is 18.4. The minimum atomic E-state index is -4.11. The summed E-state index contributed by atoms with van der Waals surface area (Å²) in [6, 6.07) is 6.94. The maximum atomic E-state index is 13.0. The van der Waals surface area contributed by atoms with Crippen molar-refractivity contribution in [3.63, 3.8) is 0 Å². The molecule has 2 N–H and O–H groups in total. The normalized spacial score (nSPS) is 11.5. The van der Waals surface area contributed by atoms with Crippen molar-refractivity contribution in [1.29, 1.82) is 0 Å². The number of sulfonamides is 1. The first-order valence-electron chi connectivity index (χ1n) is 8.46. The Morgan fingerprint density at radius 2 is 1.93 bits per heavy atom. The van der Waals surface area contributed by atoms with Crippen molar-refractivity contribution < 1.29 is 22.7 Å². The van der Waals surface area contributed by atoms with Gasteiger partial charge < -0.3 is 15.0 Å². The van der Waals surface area contributed by atoms with Crippen molar-refractivity contribution in [2.24, 2.45) is 0 Å². The number of hydrogen-bond acceptors (Lipinski definition) is 5. The summed E-state index contributed by atoms with van der Waals surface area (Å²) >= 11 is 3.30. The summed E-state index contributed by atoms with van der Waals surface area (Å²) in [5.41, 5.74) is 1.19. The first-order chi connectivity index (χ1) is 13.1. The lowest BCUT2D eigenvalue weighted by Crippen LogP contribution is -2.35. The Morgan fingerprint density at radius 1 is 1.25 bits per heavy atom. The summed E-state index contributed by atoms with van der Waals surface area (Å²) in [5, 5.41) is 2.64. The molecule has 0 saturated heterocycles. The lowest BCUT2D eigenvalue weighted by atomic mass is 10.2.